The van der Waals surface area contributed by atoms with E-state index in [2.05, 4.69) is 32.2 Å². The van der Waals surface area contributed by atoms with Gasteiger partial charge in [0.1, 0.15) is 11.1 Å². The number of amides is 1. The van der Waals surface area contributed by atoms with Crippen LogP contribution < -0.4 is 10.2 Å². The van der Waals surface area contributed by atoms with Crippen LogP contribution in [-0.4, -0.2) is 25.5 Å². The first kappa shape index (κ1) is 16.0. The third kappa shape index (κ3) is 3.63. The fraction of sp³-hybridized carbons (Fsp3) is 0.625. The van der Waals surface area contributed by atoms with Gasteiger partial charge in [-0.25, -0.2) is 0 Å². The van der Waals surface area contributed by atoms with E-state index < -0.39 is 0 Å². The molecule has 1 aromatic heterocycles. The summed E-state index contributed by atoms with van der Waals surface area (Å²) in [6, 6.07) is 2.29. The van der Waals surface area contributed by atoms with Crippen molar-refractivity contribution in [1.29, 1.82) is 5.26 Å². The van der Waals surface area contributed by atoms with E-state index in [4.69, 9.17) is 0 Å². The number of carbonyl (C=O) groups is 1. The van der Waals surface area contributed by atoms with Crippen LogP contribution in [0.15, 0.2) is 0 Å². The molecule has 2 rings (SSSR count). The van der Waals surface area contributed by atoms with Crippen molar-refractivity contribution in [2.24, 2.45) is 5.92 Å². The number of quaternary nitrogens is 1. The van der Waals surface area contributed by atoms with Crippen molar-refractivity contribution in [2.45, 2.75) is 40.0 Å². The van der Waals surface area contributed by atoms with Gasteiger partial charge < -0.3 is 10.2 Å². The zero-order valence-electron chi connectivity index (χ0n) is 13.1. The van der Waals surface area contributed by atoms with Crippen LogP contribution in [0.5, 0.6) is 0 Å². The number of fused-ring (bicyclic) bond motifs is 1. The number of likely N-dealkylation sites (N-methyl/N-ethyl adjacent to an activating group) is 1. The maximum Gasteiger partial charge on any atom is 0.280 e. The molecule has 1 aliphatic rings. The van der Waals surface area contributed by atoms with Crippen LogP contribution in [0, 0.1) is 17.2 Å². The summed E-state index contributed by atoms with van der Waals surface area (Å²) in [6.45, 7) is 8.75. The van der Waals surface area contributed by atoms with E-state index in [1.54, 1.807) is 11.3 Å². The van der Waals surface area contributed by atoms with Crippen LogP contribution in [0.3, 0.4) is 0 Å². The SMILES string of the molecule is CC[NH+](CC)CC(=O)Nc1sc2c(c1C#N)CCC(C)C2. The van der Waals surface area contributed by atoms with Gasteiger partial charge in [-0.2, -0.15) is 5.26 Å². The van der Waals surface area contributed by atoms with E-state index in [9.17, 15) is 10.1 Å². The first-order valence-electron chi connectivity index (χ1n) is 7.77. The maximum atomic E-state index is 12.2. The second-order valence-corrected chi connectivity index (χ2v) is 6.95. The summed E-state index contributed by atoms with van der Waals surface area (Å²) in [5, 5.41) is 13.1. The fourth-order valence-corrected chi connectivity index (χ4v) is 4.23. The van der Waals surface area contributed by atoms with Gasteiger partial charge in [-0.15, -0.1) is 11.3 Å². The number of hydrogen-bond acceptors (Lipinski definition) is 3. The molecule has 21 heavy (non-hydrogen) atoms. The van der Waals surface area contributed by atoms with Crippen LogP contribution in [0.25, 0.3) is 0 Å². The Kier molecular flexibility index (Phi) is 5.38. The first-order chi connectivity index (χ1) is 10.1. The fourth-order valence-electron chi connectivity index (χ4n) is 2.86. The molecule has 0 saturated heterocycles. The summed E-state index contributed by atoms with van der Waals surface area (Å²) in [5.41, 5.74) is 1.87. The van der Waals surface area contributed by atoms with Gasteiger partial charge in [-0.05, 0) is 44.6 Å². The van der Waals surface area contributed by atoms with Gasteiger partial charge in [-0.1, -0.05) is 6.92 Å². The lowest BCUT2D eigenvalue weighted by Crippen LogP contribution is -3.12. The molecule has 1 aliphatic carbocycles. The Labute approximate surface area is 130 Å². The summed E-state index contributed by atoms with van der Waals surface area (Å²) < 4.78 is 0. The third-order valence-electron chi connectivity index (χ3n) is 4.29. The Hall–Kier alpha value is -1.38. The first-order valence-corrected chi connectivity index (χ1v) is 8.58. The number of nitrogens with zero attached hydrogens (tertiary/aromatic N) is 1. The molecular weight excluding hydrogens is 282 g/mol. The average molecular weight is 306 g/mol. The van der Waals surface area contributed by atoms with Crippen molar-refractivity contribution in [3.8, 4) is 6.07 Å². The molecule has 5 heteroatoms. The van der Waals surface area contributed by atoms with Gasteiger partial charge in [0.25, 0.3) is 5.91 Å². The second kappa shape index (κ2) is 7.06. The molecule has 4 nitrogen and oxygen atoms in total. The molecule has 0 radical (unpaired) electrons. The highest BCUT2D eigenvalue weighted by molar-refractivity contribution is 7.16. The van der Waals surface area contributed by atoms with E-state index in [-0.39, 0.29) is 5.91 Å². The number of hydrogen-bond donors (Lipinski definition) is 2. The highest BCUT2D eigenvalue weighted by Crippen LogP contribution is 2.39. The van der Waals surface area contributed by atoms with Crippen molar-refractivity contribution in [1.82, 2.24) is 0 Å². The van der Waals surface area contributed by atoms with E-state index in [0.717, 1.165) is 37.4 Å². The summed E-state index contributed by atoms with van der Waals surface area (Å²) in [5.74, 6) is 0.684. The van der Waals surface area contributed by atoms with E-state index in [1.807, 2.05) is 0 Å². The van der Waals surface area contributed by atoms with Gasteiger partial charge in [0.2, 0.25) is 0 Å². The van der Waals surface area contributed by atoms with Crippen LogP contribution in [0.2, 0.25) is 0 Å². The van der Waals surface area contributed by atoms with Crippen molar-refractivity contribution in [2.75, 3.05) is 25.0 Å². The average Bonchev–Trinajstić information content (AvgIpc) is 2.80. The van der Waals surface area contributed by atoms with Crippen LogP contribution in [-0.2, 0) is 17.6 Å². The van der Waals surface area contributed by atoms with Gasteiger partial charge >= 0.3 is 0 Å². The number of thiophene rings is 1. The molecule has 0 spiro atoms. The zero-order chi connectivity index (χ0) is 15.4. The second-order valence-electron chi connectivity index (χ2n) is 5.85. The molecule has 0 saturated carbocycles. The standard InChI is InChI=1S/C16H23N3OS/c1-4-19(5-2)10-15(20)18-16-13(9-17)12-7-6-11(3)8-14(12)21-16/h11H,4-8,10H2,1-3H3,(H,18,20)/p+1. The van der Waals surface area contributed by atoms with Crippen molar-refractivity contribution in [3.05, 3.63) is 16.0 Å². The van der Waals surface area contributed by atoms with Crippen molar-refractivity contribution >= 4 is 22.2 Å². The lowest BCUT2D eigenvalue weighted by atomic mass is 9.89. The number of nitrogens with one attached hydrogen (secondary N) is 2. The quantitative estimate of drug-likeness (QED) is 0.868. The predicted octanol–water partition coefficient (Wildman–Crippen LogP) is 1.61. The Morgan fingerprint density at radius 1 is 1.48 bits per heavy atom. The third-order valence-corrected chi connectivity index (χ3v) is 5.46. The minimum absolute atomic E-state index is 0.0110. The molecule has 2 N–H and O–H groups in total. The summed E-state index contributed by atoms with van der Waals surface area (Å²) in [7, 11) is 0. The molecule has 1 heterocycles. The molecule has 1 amide bonds. The summed E-state index contributed by atoms with van der Waals surface area (Å²) in [4.78, 5) is 14.7. The normalized spacial score (nSPS) is 17.4. The van der Waals surface area contributed by atoms with E-state index in [1.165, 1.54) is 15.3 Å². The molecule has 1 aromatic rings. The predicted molar refractivity (Wildman–Crippen MR) is 85.8 cm³/mol. The molecule has 114 valence electrons. The van der Waals surface area contributed by atoms with Gasteiger partial charge in [0, 0.05) is 4.88 Å². The lowest BCUT2D eigenvalue weighted by Gasteiger charge is -2.17. The van der Waals surface area contributed by atoms with Crippen molar-refractivity contribution < 1.29 is 9.69 Å². The van der Waals surface area contributed by atoms with Gasteiger partial charge in [-0.3, -0.25) is 4.79 Å². The van der Waals surface area contributed by atoms with E-state index >= 15 is 0 Å². The monoisotopic (exact) mass is 306 g/mol. The van der Waals surface area contributed by atoms with Crippen LogP contribution in [0.1, 0.15) is 43.2 Å². The van der Waals surface area contributed by atoms with Crippen molar-refractivity contribution in [3.63, 3.8) is 0 Å². The minimum atomic E-state index is 0.0110. The summed E-state index contributed by atoms with van der Waals surface area (Å²) >= 11 is 1.60. The smallest absolute Gasteiger partial charge is 0.280 e. The highest BCUT2D eigenvalue weighted by Gasteiger charge is 2.25. The number of anilines is 1. The topological polar surface area (TPSA) is 57.3 Å². The molecule has 0 aliphatic heterocycles. The molecule has 0 fully saturated rings. The number of rotatable bonds is 5. The molecular formula is C16H24N3OS+. The Balaban J connectivity index is 2.14. The maximum absolute atomic E-state index is 12.2. The lowest BCUT2D eigenvalue weighted by molar-refractivity contribution is -0.888. The number of nitriles is 1. The Bertz CT molecular complexity index is 555. The molecule has 1 atom stereocenters. The Morgan fingerprint density at radius 2 is 2.19 bits per heavy atom. The van der Waals surface area contributed by atoms with E-state index in [0.29, 0.717) is 18.0 Å². The summed E-state index contributed by atoms with van der Waals surface area (Å²) in [6.07, 6.45) is 3.13. The van der Waals surface area contributed by atoms with Crippen LogP contribution in [0.4, 0.5) is 5.00 Å². The molecule has 0 bridgehead atoms. The number of carbonyl (C=O) groups excluding carboxylic acids is 1. The van der Waals surface area contributed by atoms with Gasteiger partial charge in [0.05, 0.1) is 18.7 Å². The largest absolute Gasteiger partial charge is 0.328 e. The van der Waals surface area contributed by atoms with Gasteiger partial charge in [0.15, 0.2) is 6.54 Å². The minimum Gasteiger partial charge on any atom is -0.328 e. The Morgan fingerprint density at radius 3 is 2.81 bits per heavy atom. The molecule has 1 unspecified atom stereocenters. The zero-order valence-corrected chi connectivity index (χ0v) is 13.9. The highest BCUT2D eigenvalue weighted by atomic mass is 32.1. The van der Waals surface area contributed by atoms with Crippen LogP contribution >= 0.6 is 11.3 Å². The molecule has 0 aromatic carbocycles.